The molecular formula is C7H8NO6S2. The maximum Gasteiger partial charge on any atom is 0.294 e. The van der Waals surface area contributed by atoms with Gasteiger partial charge in [-0.15, -0.1) is 0 Å². The number of rotatable bonds is 3. The van der Waals surface area contributed by atoms with Gasteiger partial charge in [0.1, 0.15) is 9.79 Å². The molecule has 0 heterocycles. The lowest BCUT2D eigenvalue weighted by molar-refractivity contribution is 0.478. The summed E-state index contributed by atoms with van der Waals surface area (Å²) in [6.07, 6.45) is 0. The van der Waals surface area contributed by atoms with Crippen LogP contribution in [0, 0.1) is 6.07 Å². The molecular weight excluding hydrogens is 258 g/mol. The maximum atomic E-state index is 10.9. The van der Waals surface area contributed by atoms with Gasteiger partial charge in [-0.1, -0.05) is 0 Å². The molecule has 0 unspecified atom stereocenters. The molecule has 0 atom stereocenters. The van der Waals surface area contributed by atoms with E-state index in [-0.39, 0.29) is 5.56 Å². The highest BCUT2D eigenvalue weighted by atomic mass is 32.2. The highest BCUT2D eigenvalue weighted by Crippen LogP contribution is 2.22. The number of hydrogen-bond donors (Lipinski definition) is 3. The van der Waals surface area contributed by atoms with E-state index in [1.807, 2.05) is 0 Å². The van der Waals surface area contributed by atoms with Gasteiger partial charge in [0.25, 0.3) is 20.2 Å². The summed E-state index contributed by atoms with van der Waals surface area (Å²) in [6.45, 7) is -0.473. The Hall–Kier alpha value is -1.00. The quantitative estimate of drug-likeness (QED) is 0.624. The van der Waals surface area contributed by atoms with Crippen LogP contribution in [0.5, 0.6) is 0 Å². The van der Waals surface area contributed by atoms with E-state index in [4.69, 9.17) is 14.8 Å². The lowest BCUT2D eigenvalue weighted by Gasteiger charge is -2.08. The molecule has 4 N–H and O–H groups in total. The van der Waals surface area contributed by atoms with Crippen molar-refractivity contribution in [2.45, 2.75) is 16.3 Å². The van der Waals surface area contributed by atoms with Crippen molar-refractivity contribution in [2.24, 2.45) is 5.73 Å². The molecule has 7 nitrogen and oxygen atoms in total. The van der Waals surface area contributed by atoms with Crippen LogP contribution in [0.4, 0.5) is 0 Å². The largest absolute Gasteiger partial charge is 0.326 e. The second-order valence-electron chi connectivity index (χ2n) is 2.82. The summed E-state index contributed by atoms with van der Waals surface area (Å²) in [5.74, 6) is 0. The van der Waals surface area contributed by atoms with E-state index in [2.05, 4.69) is 6.07 Å². The van der Waals surface area contributed by atoms with E-state index in [0.717, 1.165) is 12.1 Å². The van der Waals surface area contributed by atoms with Gasteiger partial charge >= 0.3 is 0 Å². The SMILES string of the molecule is NCc1c(S(=O)(=O)O)c[c]cc1S(=O)(=O)O. The standard InChI is InChI=1S/C7H8NO6S2/c8-4-5-6(15(9,10)11)2-1-3-7(5)16(12,13)14/h2-3H,4,8H2,(H,9,10,11)(H,12,13,14). The molecule has 0 spiro atoms. The highest BCUT2D eigenvalue weighted by molar-refractivity contribution is 7.86. The summed E-state index contributed by atoms with van der Waals surface area (Å²) >= 11 is 0. The van der Waals surface area contributed by atoms with E-state index in [1.54, 1.807) is 0 Å². The minimum Gasteiger partial charge on any atom is -0.326 e. The fourth-order valence-electron chi connectivity index (χ4n) is 1.15. The van der Waals surface area contributed by atoms with E-state index in [1.165, 1.54) is 0 Å². The Labute approximate surface area is 92.4 Å². The normalized spacial score (nSPS) is 12.7. The van der Waals surface area contributed by atoms with Crippen molar-refractivity contribution in [2.75, 3.05) is 0 Å². The molecule has 9 heteroatoms. The molecule has 0 aliphatic heterocycles. The van der Waals surface area contributed by atoms with Crippen LogP contribution in [0.3, 0.4) is 0 Å². The Morgan fingerprint density at radius 2 is 1.44 bits per heavy atom. The zero-order chi connectivity index (χ0) is 12.6. The average molecular weight is 266 g/mol. The van der Waals surface area contributed by atoms with Gasteiger partial charge in [-0.25, -0.2) is 0 Å². The molecule has 1 aromatic rings. The van der Waals surface area contributed by atoms with Crippen LogP contribution in [-0.4, -0.2) is 25.9 Å². The van der Waals surface area contributed by atoms with Gasteiger partial charge in [0.05, 0.1) is 0 Å². The summed E-state index contributed by atoms with van der Waals surface area (Å²) in [7, 11) is -9.23. The van der Waals surface area contributed by atoms with Gasteiger partial charge < -0.3 is 5.73 Å². The average Bonchev–Trinajstić information content (AvgIpc) is 2.13. The number of benzene rings is 1. The first kappa shape index (κ1) is 13.1. The molecule has 0 saturated heterocycles. The summed E-state index contributed by atoms with van der Waals surface area (Å²) in [4.78, 5) is -1.38. The Kier molecular flexibility index (Phi) is 3.35. The minimum atomic E-state index is -4.62. The van der Waals surface area contributed by atoms with Crippen LogP contribution < -0.4 is 5.73 Å². The Bertz CT molecular complexity index is 554. The molecule has 89 valence electrons. The van der Waals surface area contributed by atoms with E-state index >= 15 is 0 Å². The highest BCUT2D eigenvalue weighted by Gasteiger charge is 2.22. The van der Waals surface area contributed by atoms with Gasteiger partial charge in [-0.2, -0.15) is 16.8 Å². The third-order valence-electron chi connectivity index (χ3n) is 1.78. The van der Waals surface area contributed by atoms with Gasteiger partial charge in [0.2, 0.25) is 0 Å². The molecule has 1 aromatic carbocycles. The molecule has 0 bridgehead atoms. The molecule has 0 fully saturated rings. The lowest BCUT2D eigenvalue weighted by atomic mass is 10.2. The van der Waals surface area contributed by atoms with Crippen molar-refractivity contribution in [3.63, 3.8) is 0 Å². The molecule has 0 aromatic heterocycles. The van der Waals surface area contributed by atoms with Gasteiger partial charge in [-0.05, 0) is 18.2 Å². The molecule has 0 aliphatic rings. The third kappa shape index (κ3) is 2.57. The third-order valence-corrected chi connectivity index (χ3v) is 3.62. The second-order valence-corrected chi connectivity index (χ2v) is 5.60. The topological polar surface area (TPSA) is 135 Å². The Balaban J connectivity index is 3.71. The van der Waals surface area contributed by atoms with Gasteiger partial charge in [0, 0.05) is 12.1 Å². The van der Waals surface area contributed by atoms with Crippen LogP contribution >= 0.6 is 0 Å². The molecule has 0 saturated carbocycles. The zero-order valence-electron chi connectivity index (χ0n) is 7.78. The predicted octanol–water partition coefficient (Wildman–Crippen LogP) is -0.561. The first-order valence-corrected chi connectivity index (χ1v) is 6.74. The fourth-order valence-corrected chi connectivity index (χ4v) is 2.66. The second kappa shape index (κ2) is 4.11. The zero-order valence-corrected chi connectivity index (χ0v) is 9.42. The Morgan fingerprint density at radius 3 is 1.69 bits per heavy atom. The van der Waals surface area contributed by atoms with Gasteiger partial charge in [0.15, 0.2) is 0 Å². The van der Waals surface area contributed by atoms with Crippen LogP contribution in [0.15, 0.2) is 21.9 Å². The van der Waals surface area contributed by atoms with Crippen molar-refractivity contribution in [1.82, 2.24) is 0 Å². The molecule has 1 rings (SSSR count). The fraction of sp³-hybridized carbons (Fsp3) is 0.143. The number of nitrogens with two attached hydrogens (primary N) is 1. The minimum absolute atomic E-state index is 0.385. The monoisotopic (exact) mass is 266 g/mol. The van der Waals surface area contributed by atoms with Crippen LogP contribution in [0.25, 0.3) is 0 Å². The predicted molar refractivity (Wildman–Crippen MR) is 52.8 cm³/mol. The van der Waals surface area contributed by atoms with E-state index < -0.39 is 36.6 Å². The molecule has 1 radical (unpaired) electrons. The molecule has 0 amide bonds. The van der Waals surface area contributed by atoms with Crippen molar-refractivity contribution < 1.29 is 25.9 Å². The summed E-state index contributed by atoms with van der Waals surface area (Å²) in [5, 5.41) is 0. The van der Waals surface area contributed by atoms with Crippen LogP contribution in [-0.2, 0) is 26.8 Å². The van der Waals surface area contributed by atoms with E-state index in [0.29, 0.717) is 0 Å². The summed E-state index contributed by atoms with van der Waals surface area (Å²) < 4.78 is 61.2. The van der Waals surface area contributed by atoms with E-state index in [9.17, 15) is 16.8 Å². The van der Waals surface area contributed by atoms with Crippen molar-refractivity contribution in [1.29, 1.82) is 0 Å². The maximum absolute atomic E-state index is 10.9. The van der Waals surface area contributed by atoms with Crippen molar-refractivity contribution in [3.05, 3.63) is 23.8 Å². The summed E-state index contributed by atoms with van der Waals surface area (Å²) in [6, 6.07) is 3.92. The van der Waals surface area contributed by atoms with Crippen LogP contribution in [0.2, 0.25) is 0 Å². The first-order chi connectivity index (χ1) is 7.18. The van der Waals surface area contributed by atoms with Gasteiger partial charge in [-0.3, -0.25) is 9.11 Å². The lowest BCUT2D eigenvalue weighted by Crippen LogP contribution is -2.13. The van der Waals surface area contributed by atoms with Crippen LogP contribution in [0.1, 0.15) is 5.56 Å². The molecule has 16 heavy (non-hydrogen) atoms. The van der Waals surface area contributed by atoms with Crippen molar-refractivity contribution >= 4 is 20.2 Å². The van der Waals surface area contributed by atoms with Crippen molar-refractivity contribution in [3.8, 4) is 0 Å². The molecule has 0 aliphatic carbocycles. The first-order valence-electron chi connectivity index (χ1n) is 3.86. The number of hydrogen-bond acceptors (Lipinski definition) is 5. The summed E-state index contributed by atoms with van der Waals surface area (Å²) in [5.41, 5.74) is 4.79. The Morgan fingerprint density at radius 1 is 1.06 bits per heavy atom. The smallest absolute Gasteiger partial charge is 0.294 e.